The van der Waals surface area contributed by atoms with Crippen LogP contribution >= 0.6 is 22.6 Å². The molecule has 1 aromatic rings. The van der Waals surface area contributed by atoms with Crippen LogP contribution in [0.25, 0.3) is 0 Å². The van der Waals surface area contributed by atoms with Gasteiger partial charge < -0.3 is 0 Å². The second-order valence-electron chi connectivity index (χ2n) is 2.18. The number of nitrogens with zero attached hydrogens (tertiary/aromatic N) is 3. The molecule has 0 aliphatic heterocycles. The molecule has 1 aromatic heterocycles. The highest BCUT2D eigenvalue weighted by Crippen LogP contribution is 2.31. The molecule has 0 amide bonds. The molecule has 0 fully saturated rings. The van der Waals surface area contributed by atoms with Gasteiger partial charge >= 0.3 is 6.18 Å². The van der Waals surface area contributed by atoms with E-state index in [9.17, 15) is 13.2 Å². The quantitative estimate of drug-likeness (QED) is 0.745. The summed E-state index contributed by atoms with van der Waals surface area (Å²) in [5.41, 5.74) is -0.941. The van der Waals surface area contributed by atoms with Gasteiger partial charge in [0.15, 0.2) is 5.69 Å². The Balaban J connectivity index is 3.05. The first-order valence-electron chi connectivity index (χ1n) is 3.12. The molecule has 3 nitrogen and oxygen atoms in total. The first-order chi connectivity index (χ1) is 5.95. The van der Waals surface area contributed by atoms with Crippen LogP contribution in [-0.4, -0.2) is 9.78 Å². The number of halogens is 4. The molecular weight excluding hydrogens is 298 g/mol. The average molecular weight is 301 g/mol. The summed E-state index contributed by atoms with van der Waals surface area (Å²) in [5.74, 6) is 0. The van der Waals surface area contributed by atoms with E-state index in [1.807, 2.05) is 0 Å². The highest BCUT2D eigenvalue weighted by molar-refractivity contribution is 14.1. The Bertz CT molecular complexity index is 349. The molecule has 1 rings (SSSR count). The minimum Gasteiger partial charge on any atom is -0.257 e. The van der Waals surface area contributed by atoms with Crippen molar-refractivity contribution in [2.24, 2.45) is 0 Å². The molecule has 0 aliphatic rings. The van der Waals surface area contributed by atoms with E-state index in [-0.39, 0.29) is 10.1 Å². The molecule has 0 unspecified atom stereocenters. The van der Waals surface area contributed by atoms with Crippen LogP contribution in [0.3, 0.4) is 0 Å². The summed E-state index contributed by atoms with van der Waals surface area (Å²) in [6.45, 7) is -0.175. The molecule has 0 saturated heterocycles. The van der Waals surface area contributed by atoms with Crippen molar-refractivity contribution in [2.45, 2.75) is 12.7 Å². The van der Waals surface area contributed by atoms with Crippen molar-refractivity contribution >= 4 is 22.6 Å². The van der Waals surface area contributed by atoms with E-state index in [1.165, 1.54) is 28.8 Å². The normalized spacial score (nSPS) is 11.3. The van der Waals surface area contributed by atoms with Gasteiger partial charge in [0.2, 0.25) is 0 Å². The van der Waals surface area contributed by atoms with Gasteiger partial charge in [-0.2, -0.15) is 23.5 Å². The Morgan fingerprint density at radius 2 is 2.23 bits per heavy atom. The van der Waals surface area contributed by atoms with Crippen LogP contribution < -0.4 is 0 Å². The molecular formula is C6H3F3IN3. The highest BCUT2D eigenvalue weighted by atomic mass is 127. The van der Waals surface area contributed by atoms with Crippen molar-refractivity contribution in [3.05, 3.63) is 15.5 Å². The van der Waals surface area contributed by atoms with Gasteiger partial charge in [0, 0.05) is 6.20 Å². The summed E-state index contributed by atoms with van der Waals surface area (Å²) in [6.07, 6.45) is -3.26. The van der Waals surface area contributed by atoms with Crippen LogP contribution in [0.15, 0.2) is 6.20 Å². The Morgan fingerprint density at radius 1 is 1.62 bits per heavy atom. The van der Waals surface area contributed by atoms with Crippen molar-refractivity contribution in [3.8, 4) is 6.07 Å². The second-order valence-corrected chi connectivity index (χ2v) is 3.34. The lowest BCUT2D eigenvalue weighted by Gasteiger charge is -2.01. The van der Waals surface area contributed by atoms with Gasteiger partial charge in [-0.1, -0.05) is 0 Å². The molecule has 70 valence electrons. The fourth-order valence-electron chi connectivity index (χ4n) is 0.743. The summed E-state index contributed by atoms with van der Waals surface area (Å²) >= 11 is 1.53. The maximum atomic E-state index is 12.1. The van der Waals surface area contributed by atoms with E-state index in [0.717, 1.165) is 4.68 Å². The van der Waals surface area contributed by atoms with E-state index in [4.69, 9.17) is 5.26 Å². The highest BCUT2D eigenvalue weighted by Gasteiger charge is 2.36. The van der Waals surface area contributed by atoms with Crippen LogP contribution in [0.1, 0.15) is 5.69 Å². The molecule has 1 heterocycles. The van der Waals surface area contributed by atoms with Gasteiger partial charge in [-0.3, -0.25) is 4.68 Å². The van der Waals surface area contributed by atoms with E-state index in [0.29, 0.717) is 0 Å². The summed E-state index contributed by atoms with van der Waals surface area (Å²) in [6, 6.07) is 1.71. The first kappa shape index (κ1) is 10.3. The van der Waals surface area contributed by atoms with Gasteiger partial charge in [0.25, 0.3) is 0 Å². The van der Waals surface area contributed by atoms with Gasteiger partial charge in [-0.05, 0) is 22.6 Å². The molecule has 13 heavy (non-hydrogen) atoms. The first-order valence-corrected chi connectivity index (χ1v) is 4.20. The summed E-state index contributed by atoms with van der Waals surface area (Å²) in [4.78, 5) is 0. The fourth-order valence-corrected chi connectivity index (χ4v) is 1.48. The maximum Gasteiger partial charge on any atom is 0.436 e. The zero-order valence-electron chi connectivity index (χ0n) is 6.14. The third-order valence-electron chi connectivity index (χ3n) is 1.22. The zero-order chi connectivity index (χ0) is 10.1. The van der Waals surface area contributed by atoms with Gasteiger partial charge in [0.1, 0.15) is 6.54 Å². The molecule has 0 radical (unpaired) electrons. The molecule has 0 bridgehead atoms. The average Bonchev–Trinajstić information content (AvgIpc) is 2.30. The maximum absolute atomic E-state index is 12.1. The molecule has 0 saturated carbocycles. The number of rotatable bonds is 1. The molecule has 7 heteroatoms. The monoisotopic (exact) mass is 301 g/mol. The Kier molecular flexibility index (Phi) is 2.80. The smallest absolute Gasteiger partial charge is 0.257 e. The van der Waals surface area contributed by atoms with Crippen molar-refractivity contribution in [2.75, 3.05) is 0 Å². The Labute approximate surface area is 85.3 Å². The SMILES string of the molecule is N#CCn1cc(I)c(C(F)(F)F)n1. The van der Waals surface area contributed by atoms with Crippen LogP contribution in [-0.2, 0) is 12.7 Å². The number of hydrogen-bond acceptors (Lipinski definition) is 2. The molecule has 0 spiro atoms. The van der Waals surface area contributed by atoms with Crippen LogP contribution in [0.2, 0.25) is 0 Å². The lowest BCUT2D eigenvalue weighted by atomic mass is 10.4. The predicted octanol–water partition coefficient (Wildman–Crippen LogP) is 2.03. The summed E-state index contributed by atoms with van der Waals surface area (Å²) < 4.78 is 37.4. The van der Waals surface area contributed by atoms with Gasteiger partial charge in [-0.15, -0.1) is 0 Å². The van der Waals surface area contributed by atoms with Crippen LogP contribution in [0.5, 0.6) is 0 Å². The summed E-state index contributed by atoms with van der Waals surface area (Å²) in [5, 5.41) is 11.5. The van der Waals surface area contributed by atoms with Crippen LogP contribution in [0.4, 0.5) is 13.2 Å². The molecule has 0 atom stereocenters. The predicted molar refractivity (Wildman–Crippen MR) is 45.6 cm³/mol. The van der Waals surface area contributed by atoms with E-state index < -0.39 is 11.9 Å². The molecule has 0 aromatic carbocycles. The lowest BCUT2D eigenvalue weighted by molar-refractivity contribution is -0.142. The largest absolute Gasteiger partial charge is 0.436 e. The number of hydrogen-bond donors (Lipinski definition) is 0. The third-order valence-corrected chi connectivity index (χ3v) is 2.01. The van der Waals surface area contributed by atoms with Crippen molar-refractivity contribution in [1.82, 2.24) is 9.78 Å². The van der Waals surface area contributed by atoms with Gasteiger partial charge in [-0.25, -0.2) is 0 Å². The van der Waals surface area contributed by atoms with E-state index in [2.05, 4.69) is 5.10 Å². The Hall–Kier alpha value is -0.780. The van der Waals surface area contributed by atoms with Crippen molar-refractivity contribution in [1.29, 1.82) is 5.26 Å². The summed E-state index contributed by atoms with van der Waals surface area (Å²) in [7, 11) is 0. The molecule has 0 N–H and O–H groups in total. The standard InChI is InChI=1S/C6H3F3IN3/c7-6(8,9)5-4(10)3-13(12-5)2-1-11/h3H,2H2. The third kappa shape index (κ3) is 2.33. The second kappa shape index (κ2) is 3.53. The lowest BCUT2D eigenvalue weighted by Crippen LogP contribution is -2.08. The number of aromatic nitrogens is 2. The topological polar surface area (TPSA) is 41.6 Å². The van der Waals surface area contributed by atoms with E-state index in [1.54, 1.807) is 6.07 Å². The van der Waals surface area contributed by atoms with Crippen molar-refractivity contribution in [3.63, 3.8) is 0 Å². The van der Waals surface area contributed by atoms with Crippen LogP contribution in [0, 0.1) is 14.9 Å². The minimum atomic E-state index is -4.45. The number of nitriles is 1. The number of alkyl halides is 3. The van der Waals surface area contributed by atoms with Crippen molar-refractivity contribution < 1.29 is 13.2 Å². The minimum absolute atomic E-state index is 0.000324. The van der Waals surface area contributed by atoms with Gasteiger partial charge in [0.05, 0.1) is 9.64 Å². The molecule has 0 aliphatic carbocycles. The van der Waals surface area contributed by atoms with E-state index >= 15 is 0 Å². The fraction of sp³-hybridized carbons (Fsp3) is 0.333. The zero-order valence-corrected chi connectivity index (χ0v) is 8.30. The Morgan fingerprint density at radius 3 is 2.62 bits per heavy atom.